The van der Waals surface area contributed by atoms with Crippen LogP contribution < -0.4 is 15.1 Å². The first-order valence-corrected chi connectivity index (χ1v) is 24.8. The number of hydrogen-bond donors (Lipinski definition) is 2. The highest BCUT2D eigenvalue weighted by atomic mass is 16.3. The molecule has 0 unspecified atom stereocenters. The average molecular weight is 925 g/mol. The maximum Gasteiger partial charge on any atom is 0.162 e. The van der Waals surface area contributed by atoms with Crippen LogP contribution in [-0.4, -0.2) is 102 Å². The van der Waals surface area contributed by atoms with Gasteiger partial charge in [-0.2, -0.15) is 10.2 Å². The van der Waals surface area contributed by atoms with Gasteiger partial charge in [-0.15, -0.1) is 0 Å². The molecule has 70 heavy (non-hydrogen) atoms. The van der Waals surface area contributed by atoms with Crippen LogP contribution in [0.5, 0.6) is 0 Å². The van der Waals surface area contributed by atoms with Crippen LogP contribution in [0, 0.1) is 0 Å². The molecule has 0 atom stereocenters. The second kappa shape index (κ2) is 19.4. The number of hydrogen-bond acceptors (Lipinski definition) is 11. The molecule has 13 heteroatoms. The van der Waals surface area contributed by atoms with Crippen LogP contribution in [0.4, 0.5) is 11.4 Å². The molecule has 0 radical (unpaired) electrons. The van der Waals surface area contributed by atoms with Crippen LogP contribution in [0.2, 0.25) is 0 Å². The molecule has 0 saturated carbocycles. The van der Waals surface area contributed by atoms with Crippen LogP contribution in [0.15, 0.2) is 147 Å². The van der Waals surface area contributed by atoms with Crippen molar-refractivity contribution < 1.29 is 5.11 Å². The van der Waals surface area contributed by atoms with Gasteiger partial charge in [0.1, 0.15) is 0 Å². The van der Waals surface area contributed by atoms with Gasteiger partial charge in [0.25, 0.3) is 0 Å². The molecular weight excluding hydrogens is 869 g/mol. The zero-order chi connectivity index (χ0) is 46.8. The zero-order valence-corrected chi connectivity index (χ0v) is 39.3. The van der Waals surface area contributed by atoms with Gasteiger partial charge in [-0.3, -0.25) is 14.9 Å². The van der Waals surface area contributed by atoms with Gasteiger partial charge >= 0.3 is 0 Å². The number of nitrogens with one attached hydrogen (secondary N) is 1. The Balaban J connectivity index is 0.000000145. The first kappa shape index (κ1) is 43.7. The van der Waals surface area contributed by atoms with Gasteiger partial charge in [-0.05, 0) is 127 Å². The number of benzene rings is 4. The minimum atomic E-state index is 0.00189. The van der Waals surface area contributed by atoms with Gasteiger partial charge < -0.3 is 20.2 Å². The summed E-state index contributed by atoms with van der Waals surface area (Å²) in [4.78, 5) is 26.2. The third kappa shape index (κ3) is 8.83. The van der Waals surface area contributed by atoms with Crippen molar-refractivity contribution in [3.8, 4) is 44.5 Å². The van der Waals surface area contributed by atoms with Gasteiger partial charge in [-0.1, -0.05) is 48.5 Å². The summed E-state index contributed by atoms with van der Waals surface area (Å²) in [6, 6.07) is 34.2. The second-order valence-corrected chi connectivity index (χ2v) is 18.8. The maximum absolute atomic E-state index is 9.44. The zero-order valence-electron chi connectivity index (χ0n) is 39.3. The number of fused-ring (bicyclic) bond motifs is 4. The number of aromatic nitrogens is 8. The Morgan fingerprint density at radius 1 is 0.457 bits per heavy atom. The first-order valence-electron chi connectivity index (χ1n) is 24.8. The van der Waals surface area contributed by atoms with Crippen LogP contribution in [0.25, 0.3) is 77.6 Å². The van der Waals surface area contributed by atoms with Crippen LogP contribution in [0.1, 0.15) is 43.2 Å². The summed E-state index contributed by atoms with van der Waals surface area (Å²) in [5, 5.41) is 24.3. The van der Waals surface area contributed by atoms with Crippen molar-refractivity contribution in [2.45, 2.75) is 45.3 Å². The first-order chi connectivity index (χ1) is 34.6. The maximum atomic E-state index is 9.44. The van der Waals surface area contributed by atoms with E-state index in [2.05, 4.69) is 119 Å². The third-order valence-corrected chi connectivity index (χ3v) is 14.3. The number of rotatable bonds is 9. The number of pyridine rings is 2. The monoisotopic (exact) mass is 924 g/mol. The summed E-state index contributed by atoms with van der Waals surface area (Å²) < 4.78 is 3.74. The topological polar surface area (TPSA) is 128 Å². The summed E-state index contributed by atoms with van der Waals surface area (Å²) in [6.07, 6.45) is 22.0. The molecule has 0 bridgehead atoms. The number of anilines is 2. The molecule has 3 aliphatic rings. The van der Waals surface area contributed by atoms with Crippen molar-refractivity contribution in [1.29, 1.82) is 0 Å². The molecule has 13 nitrogen and oxygen atoms in total. The lowest BCUT2D eigenvalue weighted by Crippen LogP contribution is -2.43. The van der Waals surface area contributed by atoms with E-state index < -0.39 is 0 Å². The third-order valence-electron chi connectivity index (χ3n) is 14.3. The molecule has 4 aromatic carbocycles. The number of piperazine rings is 1. The smallest absolute Gasteiger partial charge is 0.162 e. The molecule has 0 spiro atoms. The molecule has 3 fully saturated rings. The van der Waals surface area contributed by atoms with E-state index in [-0.39, 0.29) is 6.61 Å². The molecule has 0 aliphatic carbocycles. The van der Waals surface area contributed by atoms with Gasteiger partial charge in [-0.25, -0.2) is 19.0 Å². The van der Waals surface area contributed by atoms with Crippen LogP contribution in [-0.2, 0) is 13.2 Å². The van der Waals surface area contributed by atoms with Gasteiger partial charge in [0.05, 0.1) is 30.0 Å². The highest BCUT2D eigenvalue weighted by Gasteiger charge is 2.18. The fraction of sp³-hybridized carbons (Fsp3) is 0.263. The molecule has 350 valence electrons. The van der Waals surface area contributed by atoms with E-state index >= 15 is 0 Å². The lowest BCUT2D eigenvalue weighted by molar-refractivity contribution is 0.282. The molecule has 9 heterocycles. The quantitative estimate of drug-likeness (QED) is 0.144. The Kier molecular flexibility index (Phi) is 12.1. The number of nitrogens with zero attached hydrogens (tertiary/aromatic N) is 11. The van der Waals surface area contributed by atoms with Crippen LogP contribution >= 0.6 is 0 Å². The summed E-state index contributed by atoms with van der Waals surface area (Å²) in [6.45, 7) is 9.86. The van der Waals surface area contributed by atoms with E-state index in [4.69, 9.17) is 9.97 Å². The van der Waals surface area contributed by atoms with E-state index in [1.54, 1.807) is 6.20 Å². The van der Waals surface area contributed by atoms with Crippen molar-refractivity contribution in [2.24, 2.45) is 0 Å². The fourth-order valence-electron chi connectivity index (χ4n) is 10.5. The van der Waals surface area contributed by atoms with E-state index in [9.17, 15) is 5.11 Å². The Bertz CT molecular complexity index is 3440. The lowest BCUT2D eigenvalue weighted by atomic mass is 10.0. The van der Waals surface area contributed by atoms with Gasteiger partial charge in [0.15, 0.2) is 11.3 Å². The Labute approximate surface area is 407 Å². The lowest BCUT2D eigenvalue weighted by Gasteiger charge is -2.29. The highest BCUT2D eigenvalue weighted by molar-refractivity contribution is 5.99. The van der Waals surface area contributed by atoms with Crippen molar-refractivity contribution in [1.82, 2.24) is 49.4 Å². The average Bonchev–Trinajstić information content (AvgIpc) is 4.22. The highest BCUT2D eigenvalue weighted by Crippen LogP contribution is 2.34. The van der Waals surface area contributed by atoms with E-state index in [0.717, 1.165) is 129 Å². The molecule has 10 aromatic rings. The molecule has 2 N–H and O–H groups in total. The minimum absolute atomic E-state index is 0.00189. The van der Waals surface area contributed by atoms with E-state index in [0.29, 0.717) is 0 Å². The van der Waals surface area contributed by atoms with E-state index in [1.807, 2.05) is 70.5 Å². The van der Waals surface area contributed by atoms with Gasteiger partial charge in [0, 0.05) is 127 Å². The molecule has 0 amide bonds. The molecule has 3 aliphatic heterocycles. The molecule has 3 saturated heterocycles. The number of likely N-dealkylation sites (tertiary alicyclic amines) is 1. The number of aliphatic hydroxyl groups excluding tert-OH is 1. The Morgan fingerprint density at radius 3 is 1.50 bits per heavy atom. The fourth-order valence-corrected chi connectivity index (χ4v) is 10.5. The van der Waals surface area contributed by atoms with Crippen LogP contribution in [0.3, 0.4) is 0 Å². The van der Waals surface area contributed by atoms with Crippen molar-refractivity contribution in [3.05, 3.63) is 158 Å². The summed E-state index contributed by atoms with van der Waals surface area (Å²) >= 11 is 0. The Morgan fingerprint density at radius 2 is 0.957 bits per heavy atom. The van der Waals surface area contributed by atoms with Gasteiger partial charge in [0.2, 0.25) is 0 Å². The number of aliphatic hydroxyl groups is 1. The van der Waals surface area contributed by atoms with Crippen molar-refractivity contribution in [2.75, 3.05) is 62.2 Å². The predicted octanol–water partition coefficient (Wildman–Crippen LogP) is 9.71. The summed E-state index contributed by atoms with van der Waals surface area (Å²) in [5.74, 6) is 0. The molecule has 6 aromatic heterocycles. The summed E-state index contributed by atoms with van der Waals surface area (Å²) in [7, 11) is 0. The normalized spacial score (nSPS) is 15.6. The Hall–Kier alpha value is -7.58. The standard InChI is InChI=1S/C30H31N7.C27H25N5O/c1-2-14-35(13-1)20-22-3-8-27-26(9-10-32-29(27)17-22)28-19-34-37-21-24(18-33-30(28)37)23-4-6-25(7-5-23)36-15-11-31-12-16-36;33-18-19-4-9-24-23(10-11-28-26(24)14-19)25-16-30-32-17-21(15-29-27(25)32)20-5-7-22(8-6-20)31-12-2-1-3-13-31/h3-10,17-19,21,31H,1-2,11-16,20H2;4-11,14-17,33H,1-3,12-13,18H2. The van der Waals surface area contributed by atoms with E-state index in [1.165, 1.54) is 62.1 Å². The minimum Gasteiger partial charge on any atom is -0.392 e. The molecular formula is C57H56N12O. The number of piperidine rings is 1. The summed E-state index contributed by atoms with van der Waals surface area (Å²) in [5.41, 5.74) is 16.8. The largest absolute Gasteiger partial charge is 0.392 e. The van der Waals surface area contributed by atoms with Crippen molar-refractivity contribution in [3.63, 3.8) is 0 Å². The predicted molar refractivity (Wildman–Crippen MR) is 280 cm³/mol. The second-order valence-electron chi connectivity index (χ2n) is 18.8. The SMILES string of the molecule is OCc1ccc2c(-c3cnn4cc(-c5ccc(N6CCCCC6)cc5)cnc34)ccnc2c1.c1cc(-c2cnn3cc(-c4ccc(N5CCNCC5)cc4)cnc23)c2ccc(CN3CCCC3)cc2n1. The molecule has 13 rings (SSSR count). The van der Waals surface area contributed by atoms with Crippen molar-refractivity contribution >= 4 is 44.5 Å².